The molecule has 4 heteroatoms. The Morgan fingerprint density at radius 3 is 2.70 bits per heavy atom. The average Bonchev–Trinajstić information content (AvgIpc) is 3.26. The first-order valence-corrected chi connectivity index (χ1v) is 7.82. The predicted octanol–water partition coefficient (Wildman–Crippen LogP) is 2.06. The zero-order valence-corrected chi connectivity index (χ0v) is 12.3. The fourth-order valence-corrected chi connectivity index (χ4v) is 2.88. The van der Waals surface area contributed by atoms with Crippen molar-refractivity contribution in [3.8, 4) is 5.75 Å². The van der Waals surface area contributed by atoms with Crippen LogP contribution in [0.3, 0.4) is 0 Å². The number of aromatic hydroxyl groups is 1. The van der Waals surface area contributed by atoms with Gasteiger partial charge in [-0.1, -0.05) is 0 Å². The summed E-state index contributed by atoms with van der Waals surface area (Å²) in [5, 5.41) is 13.6. The van der Waals surface area contributed by atoms with E-state index < -0.39 is 0 Å². The average molecular weight is 275 g/mol. The summed E-state index contributed by atoms with van der Waals surface area (Å²) in [5.74, 6) is 1.28. The summed E-state index contributed by atoms with van der Waals surface area (Å²) in [5.41, 5.74) is 1.79. The van der Waals surface area contributed by atoms with Gasteiger partial charge in [0.05, 0.1) is 5.69 Å². The highest BCUT2D eigenvalue weighted by Gasteiger charge is 2.24. The number of hydrogen-bond acceptors (Lipinski definition) is 4. The van der Waals surface area contributed by atoms with Gasteiger partial charge >= 0.3 is 0 Å². The summed E-state index contributed by atoms with van der Waals surface area (Å²) < 4.78 is 0. The molecule has 2 fully saturated rings. The van der Waals surface area contributed by atoms with Gasteiger partial charge in [-0.05, 0) is 57.2 Å². The molecule has 2 aliphatic rings. The standard InChI is InChI=1S/C16H25N3O/c1-12-2-5-16(20)15(18-12)11-19-8-6-14(7-9-19)17-10-13-3-4-13/h2,5,13-14,17,20H,3-4,6-11H2,1H3. The van der Waals surface area contributed by atoms with Crippen LogP contribution in [-0.2, 0) is 6.54 Å². The molecule has 110 valence electrons. The summed E-state index contributed by atoms with van der Waals surface area (Å²) in [6.45, 7) is 6.14. The topological polar surface area (TPSA) is 48.4 Å². The molecule has 0 radical (unpaired) electrons. The number of rotatable bonds is 5. The molecule has 1 aliphatic heterocycles. The third-order valence-electron chi connectivity index (χ3n) is 4.44. The van der Waals surface area contributed by atoms with Gasteiger partial charge in [-0.3, -0.25) is 9.88 Å². The van der Waals surface area contributed by atoms with E-state index in [1.807, 2.05) is 13.0 Å². The van der Waals surface area contributed by atoms with Crippen LogP contribution in [-0.4, -0.2) is 40.7 Å². The normalized spacial score (nSPS) is 21.2. The summed E-state index contributed by atoms with van der Waals surface area (Å²) in [4.78, 5) is 6.85. The Morgan fingerprint density at radius 1 is 1.25 bits per heavy atom. The lowest BCUT2D eigenvalue weighted by atomic mass is 10.0. The van der Waals surface area contributed by atoms with Crippen LogP contribution >= 0.6 is 0 Å². The minimum atomic E-state index is 0.324. The minimum Gasteiger partial charge on any atom is -0.506 e. The van der Waals surface area contributed by atoms with Crippen LogP contribution in [0.15, 0.2) is 12.1 Å². The molecule has 20 heavy (non-hydrogen) atoms. The maximum atomic E-state index is 9.87. The Bertz CT molecular complexity index is 451. The van der Waals surface area contributed by atoms with Crippen molar-refractivity contribution in [1.82, 2.24) is 15.2 Å². The molecule has 2 N–H and O–H groups in total. The van der Waals surface area contributed by atoms with E-state index in [1.54, 1.807) is 6.07 Å². The number of hydrogen-bond donors (Lipinski definition) is 2. The van der Waals surface area contributed by atoms with Gasteiger partial charge in [0.1, 0.15) is 5.75 Å². The molecular formula is C16H25N3O. The van der Waals surface area contributed by atoms with Gasteiger partial charge in [-0.2, -0.15) is 0 Å². The van der Waals surface area contributed by atoms with Crippen LogP contribution in [0, 0.1) is 12.8 Å². The van der Waals surface area contributed by atoms with Crippen molar-refractivity contribution in [2.75, 3.05) is 19.6 Å². The first-order chi connectivity index (χ1) is 9.70. The van der Waals surface area contributed by atoms with E-state index in [2.05, 4.69) is 15.2 Å². The first-order valence-electron chi connectivity index (χ1n) is 7.82. The second-order valence-electron chi connectivity index (χ2n) is 6.32. The van der Waals surface area contributed by atoms with Gasteiger partial charge in [-0.25, -0.2) is 0 Å². The number of nitrogens with zero attached hydrogens (tertiary/aromatic N) is 2. The summed E-state index contributed by atoms with van der Waals surface area (Å²) in [6, 6.07) is 4.29. The lowest BCUT2D eigenvalue weighted by Gasteiger charge is -2.32. The third kappa shape index (κ3) is 3.70. The summed E-state index contributed by atoms with van der Waals surface area (Å²) in [7, 11) is 0. The van der Waals surface area contributed by atoms with Crippen molar-refractivity contribution in [1.29, 1.82) is 0 Å². The molecule has 1 saturated carbocycles. The van der Waals surface area contributed by atoms with Gasteiger partial charge in [-0.15, -0.1) is 0 Å². The van der Waals surface area contributed by atoms with Crippen molar-refractivity contribution < 1.29 is 5.11 Å². The number of aryl methyl sites for hydroxylation is 1. The summed E-state index contributed by atoms with van der Waals surface area (Å²) in [6.07, 6.45) is 5.26. The van der Waals surface area contributed by atoms with Crippen molar-refractivity contribution in [2.24, 2.45) is 5.92 Å². The van der Waals surface area contributed by atoms with Gasteiger partial charge < -0.3 is 10.4 Å². The van der Waals surface area contributed by atoms with Gasteiger partial charge in [0.15, 0.2) is 0 Å². The van der Waals surface area contributed by atoms with Gasteiger partial charge in [0.2, 0.25) is 0 Å². The van der Waals surface area contributed by atoms with Crippen LogP contribution in [0.2, 0.25) is 0 Å². The molecule has 0 aromatic carbocycles. The molecule has 4 nitrogen and oxygen atoms in total. The lowest BCUT2D eigenvalue weighted by Crippen LogP contribution is -2.42. The zero-order chi connectivity index (χ0) is 13.9. The number of likely N-dealkylation sites (tertiary alicyclic amines) is 1. The molecule has 2 heterocycles. The monoisotopic (exact) mass is 275 g/mol. The fourth-order valence-electron chi connectivity index (χ4n) is 2.88. The highest BCUT2D eigenvalue weighted by molar-refractivity contribution is 5.27. The zero-order valence-electron chi connectivity index (χ0n) is 12.3. The molecule has 0 unspecified atom stereocenters. The predicted molar refractivity (Wildman–Crippen MR) is 79.7 cm³/mol. The van der Waals surface area contributed by atoms with Crippen molar-refractivity contribution in [3.05, 3.63) is 23.5 Å². The van der Waals surface area contributed by atoms with E-state index >= 15 is 0 Å². The van der Waals surface area contributed by atoms with Crippen LogP contribution in [0.4, 0.5) is 0 Å². The second-order valence-corrected chi connectivity index (χ2v) is 6.32. The number of aromatic nitrogens is 1. The lowest BCUT2D eigenvalue weighted by molar-refractivity contribution is 0.186. The van der Waals surface area contributed by atoms with Crippen molar-refractivity contribution in [3.63, 3.8) is 0 Å². The van der Waals surface area contributed by atoms with E-state index in [-0.39, 0.29) is 0 Å². The maximum Gasteiger partial charge on any atom is 0.138 e. The molecule has 0 bridgehead atoms. The largest absolute Gasteiger partial charge is 0.506 e. The van der Waals surface area contributed by atoms with Crippen LogP contribution in [0.1, 0.15) is 37.1 Å². The number of nitrogens with one attached hydrogen (secondary N) is 1. The van der Waals surface area contributed by atoms with Crippen LogP contribution in [0.25, 0.3) is 0 Å². The van der Waals surface area contributed by atoms with Crippen LogP contribution in [0.5, 0.6) is 5.75 Å². The van der Waals surface area contributed by atoms with E-state index in [1.165, 1.54) is 32.2 Å². The minimum absolute atomic E-state index is 0.324. The Labute approximate surface area is 121 Å². The van der Waals surface area contributed by atoms with E-state index in [0.717, 1.165) is 36.9 Å². The van der Waals surface area contributed by atoms with Crippen molar-refractivity contribution >= 4 is 0 Å². The highest BCUT2D eigenvalue weighted by Crippen LogP contribution is 2.28. The van der Waals surface area contributed by atoms with Gasteiger partial charge in [0.25, 0.3) is 0 Å². The molecule has 1 aliphatic carbocycles. The fraction of sp³-hybridized carbons (Fsp3) is 0.688. The van der Waals surface area contributed by atoms with Crippen LogP contribution < -0.4 is 5.32 Å². The second kappa shape index (κ2) is 6.10. The first kappa shape index (κ1) is 13.8. The molecule has 1 aromatic heterocycles. The van der Waals surface area contributed by atoms with E-state index in [9.17, 15) is 5.11 Å². The molecule has 1 saturated heterocycles. The summed E-state index contributed by atoms with van der Waals surface area (Å²) >= 11 is 0. The maximum absolute atomic E-state index is 9.87. The molecule has 3 rings (SSSR count). The molecule has 0 spiro atoms. The Balaban J connectivity index is 1.46. The number of piperidine rings is 1. The number of pyridine rings is 1. The Hall–Kier alpha value is -1.13. The molecule has 1 aromatic rings. The van der Waals surface area contributed by atoms with Crippen molar-refractivity contribution in [2.45, 2.75) is 45.2 Å². The molecule has 0 atom stereocenters. The Morgan fingerprint density at radius 2 is 2.00 bits per heavy atom. The quantitative estimate of drug-likeness (QED) is 0.863. The molecule has 0 amide bonds. The highest BCUT2D eigenvalue weighted by atomic mass is 16.3. The smallest absolute Gasteiger partial charge is 0.138 e. The van der Waals surface area contributed by atoms with Gasteiger partial charge in [0, 0.05) is 31.4 Å². The van der Waals surface area contributed by atoms with E-state index in [4.69, 9.17) is 0 Å². The van der Waals surface area contributed by atoms with E-state index in [0.29, 0.717) is 11.8 Å². The Kier molecular flexibility index (Phi) is 4.22. The SMILES string of the molecule is Cc1ccc(O)c(CN2CCC(NCC3CC3)CC2)n1. The third-order valence-corrected chi connectivity index (χ3v) is 4.44. The molecular weight excluding hydrogens is 250 g/mol.